The summed E-state index contributed by atoms with van der Waals surface area (Å²) in [6, 6.07) is 15.1. The molecule has 0 unspecified atom stereocenters. The van der Waals surface area contributed by atoms with Crippen molar-refractivity contribution in [3.05, 3.63) is 71.4 Å². The van der Waals surface area contributed by atoms with E-state index in [0.29, 0.717) is 11.5 Å². The molecule has 1 aliphatic heterocycles. The van der Waals surface area contributed by atoms with Gasteiger partial charge in [0.1, 0.15) is 0 Å². The second-order valence-corrected chi connectivity index (χ2v) is 5.23. The Labute approximate surface area is 145 Å². The molecular weight excluding hydrogens is 318 g/mol. The minimum atomic E-state index is -0.484. The number of carbonyl (C=O) groups excluding carboxylic acids is 1. The summed E-state index contributed by atoms with van der Waals surface area (Å²) >= 11 is 0. The lowest BCUT2D eigenvalue weighted by atomic mass is 10.1. The molecule has 2 aromatic rings. The minimum Gasteiger partial charge on any atom is -0.493 e. The Kier molecular flexibility index (Phi) is 4.95. The normalized spacial score (nSPS) is 15.4. The van der Waals surface area contributed by atoms with Gasteiger partial charge in [-0.1, -0.05) is 36.4 Å². The minimum absolute atomic E-state index is 0.236. The fourth-order valence-corrected chi connectivity index (χ4v) is 2.33. The van der Waals surface area contributed by atoms with Gasteiger partial charge in [-0.15, -0.1) is 0 Å². The van der Waals surface area contributed by atoms with Crippen molar-refractivity contribution >= 4 is 24.0 Å². The lowest BCUT2D eigenvalue weighted by molar-refractivity contribution is -0.129. The van der Waals surface area contributed by atoms with E-state index in [1.54, 1.807) is 38.5 Å². The molecule has 126 valence electrons. The molecule has 0 aromatic heterocycles. The first kappa shape index (κ1) is 16.5. The van der Waals surface area contributed by atoms with Gasteiger partial charge in [-0.25, -0.2) is 9.79 Å². The number of methoxy groups -OCH3 is 2. The van der Waals surface area contributed by atoms with Crippen LogP contribution >= 0.6 is 0 Å². The average Bonchev–Trinajstić information content (AvgIpc) is 3.00. The van der Waals surface area contributed by atoms with Crippen LogP contribution in [0.15, 0.2) is 65.3 Å². The van der Waals surface area contributed by atoms with Gasteiger partial charge in [-0.2, -0.15) is 0 Å². The predicted molar refractivity (Wildman–Crippen MR) is 96.5 cm³/mol. The largest absolute Gasteiger partial charge is 0.493 e. The summed E-state index contributed by atoms with van der Waals surface area (Å²) in [4.78, 5) is 16.2. The van der Waals surface area contributed by atoms with Gasteiger partial charge in [-0.3, -0.25) is 0 Å². The maximum Gasteiger partial charge on any atom is 0.363 e. The summed E-state index contributed by atoms with van der Waals surface area (Å²) < 4.78 is 15.6. The highest BCUT2D eigenvalue weighted by Gasteiger charge is 2.21. The molecule has 1 aliphatic rings. The van der Waals surface area contributed by atoms with Crippen LogP contribution in [0.3, 0.4) is 0 Å². The van der Waals surface area contributed by atoms with Gasteiger partial charge >= 0.3 is 5.97 Å². The SMILES string of the molecule is COc1ccc(/C=C2N=C(/C=C/c3ccccc3)OC\2=O)cc1OC. The van der Waals surface area contributed by atoms with Crippen molar-refractivity contribution in [1.29, 1.82) is 0 Å². The Morgan fingerprint density at radius 3 is 2.40 bits per heavy atom. The van der Waals surface area contributed by atoms with Crippen LogP contribution in [0, 0.1) is 0 Å². The number of benzene rings is 2. The van der Waals surface area contributed by atoms with E-state index in [1.807, 2.05) is 42.5 Å². The third-order valence-electron chi connectivity index (χ3n) is 3.57. The van der Waals surface area contributed by atoms with E-state index in [1.165, 1.54) is 0 Å². The molecule has 0 N–H and O–H groups in total. The van der Waals surface area contributed by atoms with Crippen LogP contribution in [0.4, 0.5) is 0 Å². The first-order valence-electron chi connectivity index (χ1n) is 7.67. The van der Waals surface area contributed by atoms with Crippen molar-refractivity contribution in [2.24, 2.45) is 4.99 Å². The van der Waals surface area contributed by atoms with Crippen molar-refractivity contribution in [3.63, 3.8) is 0 Å². The number of esters is 1. The van der Waals surface area contributed by atoms with Gasteiger partial charge in [-0.05, 0) is 35.4 Å². The highest BCUT2D eigenvalue weighted by molar-refractivity contribution is 6.11. The van der Waals surface area contributed by atoms with Crippen LogP contribution < -0.4 is 9.47 Å². The predicted octanol–water partition coefficient (Wildman–Crippen LogP) is 3.71. The Bertz CT molecular complexity index is 867. The lowest BCUT2D eigenvalue weighted by Crippen LogP contribution is -2.01. The van der Waals surface area contributed by atoms with Crippen molar-refractivity contribution in [2.45, 2.75) is 0 Å². The van der Waals surface area contributed by atoms with Crippen LogP contribution in [0.5, 0.6) is 11.5 Å². The van der Waals surface area contributed by atoms with Gasteiger partial charge in [0.2, 0.25) is 5.90 Å². The van der Waals surface area contributed by atoms with Gasteiger partial charge in [0.25, 0.3) is 0 Å². The zero-order valence-corrected chi connectivity index (χ0v) is 13.9. The Hall–Kier alpha value is -3.34. The fraction of sp³-hybridized carbons (Fsp3) is 0.100. The summed E-state index contributed by atoms with van der Waals surface area (Å²) in [5.74, 6) is 0.980. The third-order valence-corrected chi connectivity index (χ3v) is 3.57. The zero-order chi connectivity index (χ0) is 17.6. The Balaban J connectivity index is 1.82. The summed E-state index contributed by atoms with van der Waals surface area (Å²) in [6.45, 7) is 0. The van der Waals surface area contributed by atoms with Gasteiger partial charge in [0, 0.05) is 6.08 Å². The smallest absolute Gasteiger partial charge is 0.363 e. The molecule has 0 aliphatic carbocycles. The molecule has 2 aromatic carbocycles. The van der Waals surface area contributed by atoms with Crippen LogP contribution in [0.25, 0.3) is 12.2 Å². The van der Waals surface area contributed by atoms with Crippen molar-refractivity contribution in [2.75, 3.05) is 14.2 Å². The standard InChI is InChI=1S/C20H17NO4/c1-23-17-10-8-15(13-18(17)24-2)12-16-20(22)25-19(21-16)11-9-14-6-4-3-5-7-14/h3-13H,1-2H3/b11-9+,16-12-. The highest BCUT2D eigenvalue weighted by atomic mass is 16.6. The molecule has 5 heteroatoms. The van der Waals surface area contributed by atoms with E-state index in [4.69, 9.17) is 14.2 Å². The van der Waals surface area contributed by atoms with E-state index in [2.05, 4.69) is 4.99 Å². The first-order valence-corrected chi connectivity index (χ1v) is 7.67. The molecule has 0 spiro atoms. The first-order chi connectivity index (χ1) is 12.2. The molecule has 0 radical (unpaired) electrons. The van der Waals surface area contributed by atoms with Gasteiger partial charge in [0.15, 0.2) is 17.2 Å². The topological polar surface area (TPSA) is 57.1 Å². The number of ether oxygens (including phenoxy) is 3. The molecule has 5 nitrogen and oxygen atoms in total. The molecule has 0 atom stereocenters. The molecular formula is C20H17NO4. The number of carbonyl (C=O) groups is 1. The van der Waals surface area contributed by atoms with Crippen molar-refractivity contribution in [1.82, 2.24) is 0 Å². The molecule has 25 heavy (non-hydrogen) atoms. The summed E-state index contributed by atoms with van der Waals surface area (Å²) in [5, 5.41) is 0. The monoisotopic (exact) mass is 335 g/mol. The fourth-order valence-electron chi connectivity index (χ4n) is 2.33. The van der Waals surface area contributed by atoms with E-state index in [9.17, 15) is 4.79 Å². The molecule has 0 saturated carbocycles. The molecule has 0 amide bonds. The van der Waals surface area contributed by atoms with Gasteiger partial charge in [0.05, 0.1) is 14.2 Å². The molecule has 3 rings (SSSR count). The highest BCUT2D eigenvalue weighted by Crippen LogP contribution is 2.29. The number of nitrogens with zero attached hydrogens (tertiary/aromatic N) is 1. The quantitative estimate of drug-likeness (QED) is 0.617. The second-order valence-electron chi connectivity index (χ2n) is 5.23. The summed E-state index contributed by atoms with van der Waals surface area (Å²) in [7, 11) is 3.13. The van der Waals surface area contributed by atoms with E-state index < -0.39 is 5.97 Å². The summed E-state index contributed by atoms with van der Waals surface area (Å²) in [6.07, 6.45) is 5.15. The van der Waals surface area contributed by atoms with E-state index >= 15 is 0 Å². The maximum atomic E-state index is 12.0. The molecule has 0 bridgehead atoms. The number of hydrogen-bond donors (Lipinski definition) is 0. The van der Waals surface area contributed by atoms with Crippen LogP contribution in [-0.2, 0) is 9.53 Å². The van der Waals surface area contributed by atoms with Crippen LogP contribution in [-0.4, -0.2) is 26.1 Å². The van der Waals surface area contributed by atoms with Crippen molar-refractivity contribution < 1.29 is 19.0 Å². The zero-order valence-electron chi connectivity index (χ0n) is 13.9. The molecule has 0 fully saturated rings. The van der Waals surface area contributed by atoms with Crippen LogP contribution in [0.1, 0.15) is 11.1 Å². The van der Waals surface area contributed by atoms with Crippen molar-refractivity contribution in [3.8, 4) is 11.5 Å². The van der Waals surface area contributed by atoms with E-state index in [0.717, 1.165) is 11.1 Å². The summed E-state index contributed by atoms with van der Waals surface area (Å²) in [5.41, 5.74) is 2.00. The van der Waals surface area contributed by atoms with Crippen LogP contribution in [0.2, 0.25) is 0 Å². The molecule has 0 saturated heterocycles. The van der Waals surface area contributed by atoms with Gasteiger partial charge < -0.3 is 14.2 Å². The lowest BCUT2D eigenvalue weighted by Gasteiger charge is -2.07. The molecule has 1 heterocycles. The second kappa shape index (κ2) is 7.49. The number of cyclic esters (lactones) is 1. The Morgan fingerprint density at radius 1 is 0.920 bits per heavy atom. The third kappa shape index (κ3) is 3.95. The number of aliphatic imine (C=N–C) groups is 1. The van der Waals surface area contributed by atoms with E-state index in [-0.39, 0.29) is 11.6 Å². The number of rotatable bonds is 5. The maximum absolute atomic E-state index is 12.0. The number of hydrogen-bond acceptors (Lipinski definition) is 5. The Morgan fingerprint density at radius 2 is 1.68 bits per heavy atom. The average molecular weight is 335 g/mol.